The Bertz CT molecular complexity index is 809. The van der Waals surface area contributed by atoms with Gasteiger partial charge < -0.3 is 14.4 Å². The Morgan fingerprint density at radius 3 is 2.87 bits per heavy atom. The summed E-state index contributed by atoms with van der Waals surface area (Å²) in [5.41, 5.74) is -0.275. The average molecular weight is 347 g/mol. The number of fused-ring (bicyclic) bond motifs is 1. The molecular weight excluding hydrogens is 334 g/mol. The third-order valence-electron chi connectivity index (χ3n) is 3.58. The van der Waals surface area contributed by atoms with Crippen LogP contribution in [0.1, 0.15) is 6.23 Å². The predicted octanol–water partition coefficient (Wildman–Crippen LogP) is -0.607. The maximum atomic E-state index is 14.6. The monoisotopic (exact) mass is 347 g/mol. The van der Waals surface area contributed by atoms with Gasteiger partial charge in [0.15, 0.2) is 29.7 Å². The molecule has 0 radical (unpaired) electrons. The molecule has 1 fully saturated rings. The summed E-state index contributed by atoms with van der Waals surface area (Å²) in [5, 5.41) is 9.23. The first-order valence-electron chi connectivity index (χ1n) is 6.55. The number of imidazole rings is 1. The molecule has 23 heavy (non-hydrogen) atoms. The Morgan fingerprint density at radius 2 is 2.22 bits per heavy atom. The fourth-order valence-corrected chi connectivity index (χ4v) is 2.94. The van der Waals surface area contributed by atoms with E-state index in [1.54, 1.807) is 0 Å². The molecule has 0 saturated carbocycles. The normalized spacial score (nSPS) is 28.4. The molecule has 0 aliphatic carbocycles. The maximum Gasteiger partial charge on any atom is 0.695 e. The third kappa shape index (κ3) is 2.66. The number of rotatable bonds is 4. The topological polar surface area (TPSA) is 129 Å². The molecule has 0 spiro atoms. The number of halogens is 1. The van der Waals surface area contributed by atoms with Crippen molar-refractivity contribution in [2.75, 3.05) is 6.61 Å². The lowest BCUT2D eigenvalue weighted by Gasteiger charge is -2.14. The minimum absolute atomic E-state index is 0.0314. The summed E-state index contributed by atoms with van der Waals surface area (Å²) in [7, 11) is -1.56. The van der Waals surface area contributed by atoms with Crippen molar-refractivity contribution in [2.45, 2.75) is 24.6 Å². The van der Waals surface area contributed by atoms with Gasteiger partial charge in [0, 0.05) is 11.6 Å². The van der Waals surface area contributed by atoms with E-state index in [4.69, 9.17) is 9.63 Å². The van der Waals surface area contributed by atoms with E-state index in [2.05, 4.69) is 14.5 Å². The van der Waals surface area contributed by atoms with E-state index in [9.17, 15) is 18.9 Å². The highest BCUT2D eigenvalue weighted by atomic mass is 31.1. The summed E-state index contributed by atoms with van der Waals surface area (Å²) in [5.74, 6) is 0. The van der Waals surface area contributed by atoms with Gasteiger partial charge in [0.25, 0.3) is 5.56 Å². The van der Waals surface area contributed by atoms with Crippen molar-refractivity contribution in [2.24, 2.45) is 7.05 Å². The molecule has 124 valence electrons. The van der Waals surface area contributed by atoms with Gasteiger partial charge >= 0.3 is 8.25 Å². The number of aliphatic hydroxyl groups is 1. The average Bonchev–Trinajstić information content (AvgIpc) is 3.05. The van der Waals surface area contributed by atoms with E-state index in [1.165, 1.54) is 28.8 Å². The quantitative estimate of drug-likeness (QED) is 0.701. The summed E-state index contributed by atoms with van der Waals surface area (Å²) in [6, 6.07) is 0. The molecule has 12 heteroatoms. The molecule has 1 unspecified atom stereocenters. The van der Waals surface area contributed by atoms with Crippen LogP contribution in [0, 0.1) is 0 Å². The molecule has 0 aromatic carbocycles. The lowest BCUT2D eigenvalue weighted by atomic mass is 10.1. The van der Waals surface area contributed by atoms with Crippen LogP contribution in [0.3, 0.4) is 0 Å². The minimum atomic E-state index is -3.07. The smallest absolute Gasteiger partial charge is 0.394 e. The number of aromatic nitrogens is 4. The van der Waals surface area contributed by atoms with Crippen LogP contribution in [0.5, 0.6) is 0 Å². The van der Waals surface area contributed by atoms with E-state index < -0.39 is 45.0 Å². The van der Waals surface area contributed by atoms with E-state index >= 15 is 0 Å². The summed E-state index contributed by atoms with van der Waals surface area (Å²) < 4.78 is 37.7. The molecule has 0 amide bonds. The molecule has 5 atom stereocenters. The van der Waals surface area contributed by atoms with Crippen LogP contribution in [0.25, 0.3) is 11.2 Å². The Balaban J connectivity index is 2.01. The maximum absolute atomic E-state index is 14.6. The molecule has 1 aliphatic heterocycles. The zero-order valence-corrected chi connectivity index (χ0v) is 12.7. The van der Waals surface area contributed by atoms with Gasteiger partial charge in [-0.1, -0.05) is 0 Å². The Hall–Kier alpha value is -1.78. The second-order valence-electron chi connectivity index (χ2n) is 4.98. The van der Waals surface area contributed by atoms with Crippen molar-refractivity contribution >= 4 is 19.4 Å². The summed E-state index contributed by atoms with van der Waals surface area (Å²) in [4.78, 5) is 28.7. The standard InChI is InChI=1S/C11H12FN4O6P/c1-15-3-14-9-7(10(15)18)13-4-16(9)11-6(12)8(22-23(19)20)5(2-17)21-11/h3-6,8,11,17H,2H2,1H3/p+1/t5-,6-,8-,11-/m1/s1. The van der Waals surface area contributed by atoms with Gasteiger partial charge in [0.05, 0.1) is 19.3 Å². The molecule has 2 aromatic heterocycles. The van der Waals surface area contributed by atoms with Crippen LogP contribution < -0.4 is 5.56 Å². The molecule has 0 bridgehead atoms. The van der Waals surface area contributed by atoms with Gasteiger partial charge in [-0.3, -0.25) is 9.36 Å². The van der Waals surface area contributed by atoms with Gasteiger partial charge in [0.2, 0.25) is 0 Å². The van der Waals surface area contributed by atoms with Crippen molar-refractivity contribution in [3.8, 4) is 0 Å². The Labute approximate surface area is 129 Å². The van der Waals surface area contributed by atoms with Crippen molar-refractivity contribution in [3.63, 3.8) is 0 Å². The molecule has 3 rings (SSSR count). The zero-order chi connectivity index (χ0) is 16.7. The molecule has 2 N–H and O–H groups in total. The highest BCUT2D eigenvalue weighted by Crippen LogP contribution is 2.38. The highest BCUT2D eigenvalue weighted by molar-refractivity contribution is 7.32. The second kappa shape index (κ2) is 6.02. The van der Waals surface area contributed by atoms with Crippen LogP contribution >= 0.6 is 8.25 Å². The number of nitrogens with zero attached hydrogens (tertiary/aromatic N) is 4. The van der Waals surface area contributed by atoms with Crippen molar-refractivity contribution < 1.29 is 28.2 Å². The molecule has 3 heterocycles. The first-order valence-corrected chi connectivity index (χ1v) is 7.68. The van der Waals surface area contributed by atoms with E-state index in [-0.39, 0.29) is 11.2 Å². The van der Waals surface area contributed by atoms with E-state index in [1.807, 2.05) is 0 Å². The Morgan fingerprint density at radius 1 is 1.48 bits per heavy atom. The highest BCUT2D eigenvalue weighted by Gasteiger charge is 2.51. The van der Waals surface area contributed by atoms with Gasteiger partial charge in [-0.25, -0.2) is 14.4 Å². The largest absolute Gasteiger partial charge is 0.695 e. The van der Waals surface area contributed by atoms with Crippen LogP contribution in [0.2, 0.25) is 0 Å². The zero-order valence-electron chi connectivity index (χ0n) is 11.8. The van der Waals surface area contributed by atoms with Crippen LogP contribution in [-0.2, 0) is 20.9 Å². The fraction of sp³-hybridized carbons (Fsp3) is 0.545. The van der Waals surface area contributed by atoms with Crippen molar-refractivity contribution in [1.82, 2.24) is 19.1 Å². The lowest BCUT2D eigenvalue weighted by Crippen LogP contribution is -2.32. The number of ether oxygens (including phenoxy) is 1. The summed E-state index contributed by atoms with van der Waals surface area (Å²) in [6.07, 6.45) is -3.27. The van der Waals surface area contributed by atoms with E-state index in [0.29, 0.717) is 0 Å². The van der Waals surface area contributed by atoms with Gasteiger partial charge in [-0.05, 0) is 0 Å². The van der Waals surface area contributed by atoms with Crippen molar-refractivity contribution in [1.29, 1.82) is 0 Å². The molecule has 10 nitrogen and oxygen atoms in total. The molecule has 1 saturated heterocycles. The Kier molecular flexibility index (Phi) is 4.21. The first kappa shape index (κ1) is 16.1. The third-order valence-corrected chi connectivity index (χ3v) is 4.00. The second-order valence-corrected chi connectivity index (χ2v) is 5.67. The van der Waals surface area contributed by atoms with Gasteiger partial charge in [0.1, 0.15) is 6.10 Å². The number of alkyl halides is 1. The van der Waals surface area contributed by atoms with Gasteiger partial charge in [-0.2, -0.15) is 0 Å². The SMILES string of the molecule is Cn1cnc2c(ncn2[C@@H]2O[C@H](CO)[C@@H](O[P+](=O)O)[C@H]2F)c1=O. The number of hydrogen-bond donors (Lipinski definition) is 2. The van der Waals surface area contributed by atoms with E-state index in [0.717, 1.165) is 0 Å². The lowest BCUT2D eigenvalue weighted by molar-refractivity contribution is -0.0436. The molecule has 1 aliphatic rings. The van der Waals surface area contributed by atoms with Crippen molar-refractivity contribution in [3.05, 3.63) is 23.0 Å². The number of hydrogen-bond acceptors (Lipinski definition) is 7. The van der Waals surface area contributed by atoms with Gasteiger partial charge in [-0.15, -0.1) is 9.42 Å². The predicted molar refractivity (Wildman–Crippen MR) is 73.4 cm³/mol. The summed E-state index contributed by atoms with van der Waals surface area (Å²) >= 11 is 0. The molecule has 2 aromatic rings. The fourth-order valence-electron chi connectivity index (χ4n) is 2.48. The van der Waals surface area contributed by atoms with Crippen LogP contribution in [-0.4, -0.2) is 54.1 Å². The summed E-state index contributed by atoms with van der Waals surface area (Å²) in [6.45, 7) is -0.605. The minimum Gasteiger partial charge on any atom is -0.394 e. The molecular formula is C11H13FN4O6P+. The first-order chi connectivity index (χ1) is 10.9. The number of aryl methyl sites for hydroxylation is 1. The van der Waals surface area contributed by atoms with Crippen LogP contribution in [0.4, 0.5) is 4.39 Å². The number of aliphatic hydroxyl groups excluding tert-OH is 1. The van der Waals surface area contributed by atoms with Crippen LogP contribution in [0.15, 0.2) is 17.4 Å².